The average molecular weight is 543 g/mol. The summed E-state index contributed by atoms with van der Waals surface area (Å²) in [5.74, 6) is 0.225. The molecule has 3 aromatic rings. The summed E-state index contributed by atoms with van der Waals surface area (Å²) in [7, 11) is 1.34. The van der Waals surface area contributed by atoms with Crippen molar-refractivity contribution >= 4 is 34.3 Å². The van der Waals surface area contributed by atoms with Crippen LogP contribution in [0.2, 0.25) is 0 Å². The van der Waals surface area contributed by atoms with E-state index in [-0.39, 0.29) is 19.0 Å². The summed E-state index contributed by atoms with van der Waals surface area (Å²) >= 11 is 0. The van der Waals surface area contributed by atoms with Crippen LogP contribution in [0.15, 0.2) is 42.5 Å². The molecular weight excluding hydrogens is 512 g/mol. The molecule has 1 aliphatic carbocycles. The van der Waals surface area contributed by atoms with E-state index in [0.29, 0.717) is 44.7 Å². The molecule has 11 heteroatoms. The van der Waals surface area contributed by atoms with Crippen LogP contribution < -0.4 is 14.5 Å². The average Bonchev–Trinajstić information content (AvgIpc) is 3.76. The van der Waals surface area contributed by atoms with Crippen molar-refractivity contribution in [3.63, 3.8) is 0 Å². The summed E-state index contributed by atoms with van der Waals surface area (Å²) in [5.41, 5.74) is 1.82. The number of carboxylic acid groups (broad SMARTS) is 1. The van der Waals surface area contributed by atoms with Gasteiger partial charge in [0, 0.05) is 55.7 Å². The summed E-state index contributed by atoms with van der Waals surface area (Å²) in [5, 5.41) is 21.3. The third-order valence-electron chi connectivity index (χ3n) is 8.03. The Kier molecular flexibility index (Phi) is 6.54. The van der Waals surface area contributed by atoms with Crippen molar-refractivity contribution in [3.05, 3.63) is 53.7 Å². The molecule has 0 spiro atoms. The van der Waals surface area contributed by atoms with Gasteiger partial charge >= 0.3 is 18.1 Å². The van der Waals surface area contributed by atoms with E-state index >= 15 is 0 Å². The molecule has 1 atom stereocenters. The maximum Gasteiger partial charge on any atom is 0.407 e. The number of rotatable bonds is 6. The van der Waals surface area contributed by atoms with E-state index in [0.717, 1.165) is 34.3 Å². The minimum Gasteiger partial charge on any atom is -0.466 e. The van der Waals surface area contributed by atoms with Crippen LogP contribution >= 0.6 is 0 Å². The van der Waals surface area contributed by atoms with Crippen molar-refractivity contribution in [1.82, 2.24) is 14.9 Å². The molecular formula is C29H30N6O5. The van der Waals surface area contributed by atoms with Gasteiger partial charge < -0.3 is 29.3 Å². The van der Waals surface area contributed by atoms with Gasteiger partial charge in [0.05, 0.1) is 37.9 Å². The van der Waals surface area contributed by atoms with Crippen molar-refractivity contribution in [2.24, 2.45) is 0 Å². The highest BCUT2D eigenvalue weighted by Crippen LogP contribution is 2.42. The lowest BCUT2D eigenvalue weighted by Crippen LogP contribution is -2.55. The largest absolute Gasteiger partial charge is 0.466 e. The van der Waals surface area contributed by atoms with E-state index in [1.807, 2.05) is 17.0 Å². The number of amides is 1. The van der Waals surface area contributed by atoms with Crippen LogP contribution in [0, 0.1) is 11.3 Å². The normalized spacial score (nSPS) is 19.5. The smallest absolute Gasteiger partial charge is 0.407 e. The van der Waals surface area contributed by atoms with E-state index < -0.39 is 23.7 Å². The van der Waals surface area contributed by atoms with E-state index in [9.17, 15) is 20.0 Å². The fourth-order valence-corrected chi connectivity index (χ4v) is 5.79. The number of ether oxygens (including phenoxy) is 2. The molecule has 1 amide bonds. The van der Waals surface area contributed by atoms with Gasteiger partial charge in [0.25, 0.3) is 0 Å². The molecule has 2 aliphatic heterocycles. The van der Waals surface area contributed by atoms with Crippen LogP contribution in [0.3, 0.4) is 0 Å². The monoisotopic (exact) mass is 542 g/mol. The predicted octanol–water partition coefficient (Wildman–Crippen LogP) is 3.36. The number of piperazine rings is 1. The zero-order chi connectivity index (χ0) is 27.9. The molecule has 0 unspecified atom stereocenters. The Morgan fingerprint density at radius 2 is 1.90 bits per heavy atom. The van der Waals surface area contributed by atoms with E-state index in [1.165, 1.54) is 12.0 Å². The highest BCUT2D eigenvalue weighted by Gasteiger charge is 2.55. The first-order valence-electron chi connectivity index (χ1n) is 13.4. The Hall–Kier alpha value is -4.59. The SMILES string of the molecule is COC(=O)C1(Oc2nc3c(c(N4CCN(C(=O)O)[C@@H](CC#N)C4)n2)CCN(c2cccc4ccccc24)C3)CC1. The first-order valence-corrected chi connectivity index (χ1v) is 13.4. The highest BCUT2D eigenvalue weighted by atomic mass is 16.6. The number of hydrogen-bond donors (Lipinski definition) is 1. The van der Waals surface area contributed by atoms with Gasteiger partial charge in [0.15, 0.2) is 0 Å². The number of aromatic nitrogens is 2. The Labute approximate surface area is 231 Å². The first kappa shape index (κ1) is 25.7. The molecule has 206 valence electrons. The van der Waals surface area contributed by atoms with Gasteiger partial charge in [0.1, 0.15) is 5.82 Å². The third-order valence-corrected chi connectivity index (χ3v) is 8.03. The van der Waals surface area contributed by atoms with E-state index in [1.54, 1.807) is 0 Å². The van der Waals surface area contributed by atoms with Gasteiger partial charge in [-0.2, -0.15) is 15.2 Å². The second kappa shape index (κ2) is 10.2. The van der Waals surface area contributed by atoms with Gasteiger partial charge in [-0.1, -0.05) is 36.4 Å². The summed E-state index contributed by atoms with van der Waals surface area (Å²) in [6.45, 7) is 2.28. The summed E-state index contributed by atoms with van der Waals surface area (Å²) < 4.78 is 11.1. The molecule has 11 nitrogen and oxygen atoms in total. The molecule has 1 N–H and O–H groups in total. The van der Waals surface area contributed by atoms with Crippen molar-refractivity contribution in [2.75, 3.05) is 43.1 Å². The number of carbonyl (C=O) groups excluding carboxylic acids is 1. The maximum atomic E-state index is 12.4. The molecule has 1 saturated heterocycles. The Morgan fingerprint density at radius 3 is 2.65 bits per heavy atom. The number of benzene rings is 2. The zero-order valence-corrected chi connectivity index (χ0v) is 22.2. The number of fused-ring (bicyclic) bond motifs is 2. The highest BCUT2D eigenvalue weighted by molar-refractivity contribution is 5.94. The molecule has 1 saturated carbocycles. The van der Waals surface area contributed by atoms with E-state index in [2.05, 4.69) is 41.3 Å². The first-order chi connectivity index (χ1) is 19.4. The number of esters is 1. The molecule has 0 radical (unpaired) electrons. The lowest BCUT2D eigenvalue weighted by atomic mass is 10.0. The maximum absolute atomic E-state index is 12.4. The van der Waals surface area contributed by atoms with Crippen molar-refractivity contribution in [1.29, 1.82) is 5.26 Å². The van der Waals surface area contributed by atoms with Crippen LogP contribution in [0.5, 0.6) is 6.01 Å². The number of hydrogen-bond acceptors (Lipinski definition) is 9. The van der Waals surface area contributed by atoms with Gasteiger partial charge in [-0.15, -0.1) is 0 Å². The molecule has 2 fully saturated rings. The van der Waals surface area contributed by atoms with Crippen LogP contribution in [0.1, 0.15) is 30.5 Å². The Morgan fingerprint density at radius 1 is 1.10 bits per heavy atom. The van der Waals surface area contributed by atoms with Crippen LogP contribution in [0.25, 0.3) is 10.8 Å². The zero-order valence-electron chi connectivity index (χ0n) is 22.2. The van der Waals surface area contributed by atoms with Gasteiger partial charge in [-0.05, 0) is 17.9 Å². The van der Waals surface area contributed by atoms with Crippen molar-refractivity contribution in [3.8, 4) is 12.1 Å². The van der Waals surface area contributed by atoms with Crippen molar-refractivity contribution < 1.29 is 24.2 Å². The standard InChI is InChI=1S/C29H30N6O5/c1-39-26(36)29(11-12-29)40-27-31-23-18-33(24-8-4-6-19-5-2-3-7-21(19)24)14-10-22(23)25(32-27)34-15-16-35(28(37)38)20(17-34)9-13-30/h2-8,20H,9-12,14-18H2,1H3,(H,37,38)/t20-/m0/s1. The third kappa shape index (κ3) is 4.59. The predicted molar refractivity (Wildman–Crippen MR) is 146 cm³/mol. The van der Waals surface area contributed by atoms with Crippen LogP contribution in [-0.4, -0.2) is 77.0 Å². The van der Waals surface area contributed by atoms with Gasteiger partial charge in [0.2, 0.25) is 5.60 Å². The second-order valence-corrected chi connectivity index (χ2v) is 10.5. The molecule has 0 bridgehead atoms. The topological polar surface area (TPSA) is 132 Å². The lowest BCUT2D eigenvalue weighted by molar-refractivity contribution is -0.151. The fraction of sp³-hybridized carbons (Fsp3) is 0.414. The van der Waals surface area contributed by atoms with Crippen molar-refractivity contribution in [2.45, 2.75) is 43.9 Å². The molecule has 6 rings (SSSR count). The lowest BCUT2D eigenvalue weighted by Gasteiger charge is -2.41. The molecule has 3 aliphatic rings. The van der Waals surface area contributed by atoms with Crippen LogP contribution in [-0.2, 0) is 22.5 Å². The summed E-state index contributed by atoms with van der Waals surface area (Å²) in [6, 6.07) is 16.3. The van der Waals surface area contributed by atoms with Gasteiger partial charge in [-0.25, -0.2) is 9.59 Å². The molecule has 40 heavy (non-hydrogen) atoms. The molecule has 1 aromatic heterocycles. The number of nitriles is 1. The number of nitrogens with zero attached hydrogens (tertiary/aromatic N) is 6. The van der Waals surface area contributed by atoms with Crippen LogP contribution in [0.4, 0.5) is 16.3 Å². The minimum atomic E-state index is -1.07. The van der Waals surface area contributed by atoms with E-state index in [4.69, 9.17) is 19.4 Å². The number of anilines is 2. The van der Waals surface area contributed by atoms with Gasteiger partial charge in [-0.3, -0.25) is 0 Å². The number of carbonyl (C=O) groups is 2. The fourth-order valence-electron chi connectivity index (χ4n) is 5.79. The molecule has 2 aromatic carbocycles. The summed E-state index contributed by atoms with van der Waals surface area (Å²) in [6.07, 6.45) is 0.782. The number of methoxy groups -OCH3 is 1. The second-order valence-electron chi connectivity index (χ2n) is 10.5. The molecule has 3 heterocycles. The quantitative estimate of drug-likeness (QED) is 0.463. The minimum absolute atomic E-state index is 0.0831. The Bertz CT molecular complexity index is 1510. The summed E-state index contributed by atoms with van der Waals surface area (Å²) in [4.78, 5) is 39.5. The Balaban J connectivity index is 1.37.